The van der Waals surface area contributed by atoms with Gasteiger partial charge in [0.2, 0.25) is 17.6 Å². The molecule has 3 aromatic rings. The van der Waals surface area contributed by atoms with E-state index in [0.717, 1.165) is 37.0 Å². The van der Waals surface area contributed by atoms with E-state index in [1.54, 1.807) is 18.2 Å². The van der Waals surface area contributed by atoms with E-state index >= 15 is 4.39 Å². The lowest BCUT2D eigenvalue weighted by molar-refractivity contribution is -0.127. The summed E-state index contributed by atoms with van der Waals surface area (Å²) in [6, 6.07) is 4.85. The van der Waals surface area contributed by atoms with E-state index in [1.807, 2.05) is 7.05 Å². The van der Waals surface area contributed by atoms with E-state index in [2.05, 4.69) is 25.7 Å². The number of aromatic nitrogens is 2. The summed E-state index contributed by atoms with van der Waals surface area (Å²) in [6.45, 7) is 0.0188. The molecule has 0 unspecified atom stereocenters. The summed E-state index contributed by atoms with van der Waals surface area (Å²) >= 11 is 1.14. The number of fused-ring (bicyclic) bond motifs is 3. The van der Waals surface area contributed by atoms with Crippen LogP contribution in [0.25, 0.3) is 20.8 Å². The zero-order chi connectivity index (χ0) is 25.9. The number of alkyl halides is 4. The van der Waals surface area contributed by atoms with Gasteiger partial charge >= 0.3 is 6.18 Å². The number of rotatable bonds is 7. The van der Waals surface area contributed by atoms with Gasteiger partial charge in [0.05, 0.1) is 34.3 Å². The van der Waals surface area contributed by atoms with Gasteiger partial charge in [0.25, 0.3) is 0 Å². The number of benzene rings is 1. The second kappa shape index (κ2) is 9.23. The van der Waals surface area contributed by atoms with Gasteiger partial charge in [-0.15, -0.1) is 11.3 Å². The van der Waals surface area contributed by atoms with Crippen molar-refractivity contribution in [3.63, 3.8) is 0 Å². The highest BCUT2D eigenvalue weighted by molar-refractivity contribution is 7.23. The maximum atomic E-state index is 15.3. The standard InChI is InChI=1S/C25H27F4N5O2S/c1-34-13-7-8-18(34)20(26)17(9-13)31-16-4-2-3-14-15(10-25(27,28)29)22(37-21(14)16)23-32-19(36-33-23)11-30-24(35)12-5-6-12/h2-4,12-13,17-18,20,31H,5-11H2,1H3,(H,30,35)/t13-,17-,18+,20-/m1/s1. The first-order valence-electron chi connectivity index (χ1n) is 12.5. The summed E-state index contributed by atoms with van der Waals surface area (Å²) in [5.41, 5.74) is 0.667. The SMILES string of the molecule is CN1[C@@H]2CC[C@H]1[C@H](F)[C@H](Nc1cccc3c(CC(F)(F)F)c(-c4noc(CNC(=O)C5CC5)n4)sc13)C2. The minimum Gasteiger partial charge on any atom is -0.378 e. The monoisotopic (exact) mass is 537 g/mol. The lowest BCUT2D eigenvalue weighted by atomic mass is 9.95. The molecule has 2 aliphatic heterocycles. The van der Waals surface area contributed by atoms with Crippen LogP contribution in [0.1, 0.15) is 43.6 Å². The van der Waals surface area contributed by atoms with E-state index in [1.165, 1.54) is 0 Å². The Labute approximate surface area is 214 Å². The zero-order valence-electron chi connectivity index (χ0n) is 20.1. The fourth-order valence-corrected chi connectivity index (χ4v) is 6.87. The number of anilines is 1. The van der Waals surface area contributed by atoms with Gasteiger partial charge in [-0.05, 0) is 56.2 Å². The summed E-state index contributed by atoms with van der Waals surface area (Å²) in [4.78, 5) is 18.5. The minimum atomic E-state index is -4.45. The van der Waals surface area contributed by atoms with Crippen molar-refractivity contribution in [1.82, 2.24) is 20.4 Å². The van der Waals surface area contributed by atoms with Gasteiger partial charge in [0, 0.05) is 18.0 Å². The molecule has 2 bridgehead atoms. The smallest absolute Gasteiger partial charge is 0.378 e. The van der Waals surface area contributed by atoms with Crippen molar-refractivity contribution >= 4 is 33.0 Å². The quantitative estimate of drug-likeness (QED) is 0.410. The van der Waals surface area contributed by atoms with Gasteiger partial charge in [-0.2, -0.15) is 18.2 Å². The third-order valence-electron chi connectivity index (χ3n) is 7.74. The van der Waals surface area contributed by atoms with Crippen molar-refractivity contribution in [2.24, 2.45) is 5.92 Å². The van der Waals surface area contributed by atoms with Crippen LogP contribution in [0.2, 0.25) is 0 Å². The summed E-state index contributed by atoms with van der Waals surface area (Å²) < 4.78 is 62.0. The third kappa shape index (κ3) is 4.81. The van der Waals surface area contributed by atoms with Crippen LogP contribution in [0.5, 0.6) is 0 Å². The number of carbonyl (C=O) groups is 1. The topological polar surface area (TPSA) is 83.3 Å². The first-order valence-corrected chi connectivity index (χ1v) is 13.3. The van der Waals surface area contributed by atoms with Crippen molar-refractivity contribution in [2.45, 2.75) is 75.5 Å². The van der Waals surface area contributed by atoms with Gasteiger partial charge in [0.15, 0.2) is 0 Å². The zero-order valence-corrected chi connectivity index (χ0v) is 21.0. The second-order valence-electron chi connectivity index (χ2n) is 10.3. The Bertz CT molecular complexity index is 1320. The first-order chi connectivity index (χ1) is 17.7. The summed E-state index contributed by atoms with van der Waals surface area (Å²) in [5.74, 6) is 0.0872. The fourth-order valence-electron chi connectivity index (χ4n) is 5.65. The number of amides is 1. The number of thiophene rings is 1. The van der Waals surface area contributed by atoms with Crippen LogP contribution >= 0.6 is 11.3 Å². The predicted molar refractivity (Wildman–Crippen MR) is 131 cm³/mol. The van der Waals surface area contributed by atoms with Crippen LogP contribution in [0.3, 0.4) is 0 Å². The molecule has 4 heterocycles. The molecular formula is C25H27F4N5O2S. The molecule has 2 aromatic heterocycles. The van der Waals surface area contributed by atoms with Crippen molar-refractivity contribution in [3.8, 4) is 10.7 Å². The molecule has 2 saturated heterocycles. The molecule has 1 saturated carbocycles. The van der Waals surface area contributed by atoms with Crippen molar-refractivity contribution < 1.29 is 26.9 Å². The molecule has 37 heavy (non-hydrogen) atoms. The number of hydrogen-bond acceptors (Lipinski definition) is 7. The van der Waals surface area contributed by atoms with E-state index in [9.17, 15) is 18.0 Å². The lowest BCUT2D eigenvalue weighted by Crippen LogP contribution is -2.53. The molecule has 3 aliphatic rings. The number of nitrogens with zero attached hydrogens (tertiary/aromatic N) is 3. The normalized spacial score (nSPS) is 26.1. The first kappa shape index (κ1) is 24.6. The Morgan fingerprint density at radius 3 is 2.81 bits per heavy atom. The largest absolute Gasteiger partial charge is 0.393 e. The van der Waals surface area contributed by atoms with Gasteiger partial charge in [-0.1, -0.05) is 17.3 Å². The van der Waals surface area contributed by atoms with Crippen molar-refractivity contribution in [1.29, 1.82) is 0 Å². The van der Waals surface area contributed by atoms with Crippen LogP contribution in [0, 0.1) is 5.92 Å². The van der Waals surface area contributed by atoms with Crippen LogP contribution in [0.4, 0.5) is 23.2 Å². The Morgan fingerprint density at radius 1 is 1.24 bits per heavy atom. The Kier molecular flexibility index (Phi) is 6.14. The van der Waals surface area contributed by atoms with Gasteiger partial charge in [0.1, 0.15) is 6.17 Å². The molecule has 3 fully saturated rings. The molecule has 12 heteroatoms. The van der Waals surface area contributed by atoms with Gasteiger partial charge in [-0.3, -0.25) is 9.69 Å². The summed E-state index contributed by atoms with van der Waals surface area (Å²) in [5, 5.41) is 10.4. The van der Waals surface area contributed by atoms with Crippen LogP contribution in [-0.2, 0) is 17.8 Å². The van der Waals surface area contributed by atoms with E-state index in [-0.39, 0.29) is 46.6 Å². The number of halogens is 4. The number of hydrogen-bond donors (Lipinski definition) is 2. The van der Waals surface area contributed by atoms with Gasteiger partial charge < -0.3 is 15.2 Å². The highest BCUT2D eigenvalue weighted by Gasteiger charge is 2.46. The molecule has 4 atom stereocenters. The second-order valence-corrected chi connectivity index (χ2v) is 11.3. The van der Waals surface area contributed by atoms with E-state index in [4.69, 9.17) is 4.52 Å². The summed E-state index contributed by atoms with van der Waals surface area (Å²) in [7, 11) is 1.96. The Balaban J connectivity index is 1.32. The Morgan fingerprint density at radius 2 is 2.05 bits per heavy atom. The fraction of sp³-hybridized carbons (Fsp3) is 0.560. The van der Waals surface area contributed by atoms with Crippen LogP contribution in [-0.4, -0.2) is 58.5 Å². The van der Waals surface area contributed by atoms with Crippen LogP contribution < -0.4 is 10.6 Å². The highest BCUT2D eigenvalue weighted by Crippen LogP contribution is 2.45. The number of piperidine rings is 1. The van der Waals surface area contributed by atoms with Crippen LogP contribution in [0.15, 0.2) is 22.7 Å². The molecule has 1 amide bonds. The molecule has 198 valence electrons. The summed E-state index contributed by atoms with van der Waals surface area (Å²) in [6.07, 6.45) is -2.58. The lowest BCUT2D eigenvalue weighted by Gasteiger charge is -2.39. The molecule has 7 nitrogen and oxygen atoms in total. The van der Waals surface area contributed by atoms with Crippen molar-refractivity contribution in [2.75, 3.05) is 12.4 Å². The maximum absolute atomic E-state index is 15.3. The number of nitrogens with one attached hydrogen (secondary N) is 2. The van der Waals surface area contributed by atoms with Crippen molar-refractivity contribution in [3.05, 3.63) is 29.7 Å². The minimum absolute atomic E-state index is 0.0120. The Hall–Kier alpha value is -2.73. The predicted octanol–water partition coefficient (Wildman–Crippen LogP) is 5.07. The van der Waals surface area contributed by atoms with E-state index < -0.39 is 24.8 Å². The molecule has 2 N–H and O–H groups in total. The average Bonchev–Trinajstić information content (AvgIpc) is 3.40. The molecule has 6 rings (SSSR count). The van der Waals surface area contributed by atoms with Gasteiger partial charge in [-0.25, -0.2) is 4.39 Å². The molecule has 1 aromatic carbocycles. The van der Waals surface area contributed by atoms with E-state index in [0.29, 0.717) is 28.2 Å². The highest BCUT2D eigenvalue weighted by atomic mass is 32.1. The molecule has 0 radical (unpaired) electrons. The molecular weight excluding hydrogens is 510 g/mol. The molecule has 0 spiro atoms. The molecule has 1 aliphatic carbocycles. The average molecular weight is 538 g/mol. The third-order valence-corrected chi connectivity index (χ3v) is 9.02. The number of carbonyl (C=O) groups excluding carboxylic acids is 1. The maximum Gasteiger partial charge on any atom is 0.393 e.